The van der Waals surface area contributed by atoms with Crippen LogP contribution < -0.4 is 0 Å². The maximum Gasteiger partial charge on any atom is 0.307 e. The molecule has 0 aromatic heterocycles. The van der Waals surface area contributed by atoms with Crippen LogP contribution in [-0.4, -0.2) is 29.1 Å². The summed E-state index contributed by atoms with van der Waals surface area (Å²) in [5.41, 5.74) is 1.04. The molecule has 0 radical (unpaired) electrons. The van der Waals surface area contributed by atoms with Crippen LogP contribution in [0.2, 0.25) is 5.02 Å². The van der Waals surface area contributed by atoms with Crippen molar-refractivity contribution in [3.63, 3.8) is 0 Å². The minimum absolute atomic E-state index is 0.246. The fourth-order valence-corrected chi connectivity index (χ4v) is 2.89. The van der Waals surface area contributed by atoms with Crippen molar-refractivity contribution in [1.82, 2.24) is 4.90 Å². The molecule has 1 atom stereocenters. The normalized spacial score (nSPS) is 20.9. The van der Waals surface area contributed by atoms with E-state index in [1.54, 1.807) is 0 Å². The Labute approximate surface area is 120 Å². The van der Waals surface area contributed by atoms with Gasteiger partial charge in [0.15, 0.2) is 0 Å². The maximum atomic E-state index is 11.0. The van der Waals surface area contributed by atoms with E-state index >= 15 is 0 Å². The quantitative estimate of drug-likeness (QED) is 0.922. The second-order valence-corrected chi connectivity index (χ2v) is 5.97. The molecule has 1 fully saturated rings. The van der Waals surface area contributed by atoms with Crippen molar-refractivity contribution in [2.45, 2.75) is 19.4 Å². The van der Waals surface area contributed by atoms with Crippen LogP contribution >= 0.6 is 27.5 Å². The van der Waals surface area contributed by atoms with Gasteiger partial charge in [-0.05, 0) is 43.1 Å². The van der Waals surface area contributed by atoms with Crippen LogP contribution in [0, 0.1) is 5.92 Å². The third-order valence-electron chi connectivity index (χ3n) is 3.26. The highest BCUT2D eigenvalue weighted by Crippen LogP contribution is 2.25. The molecule has 1 unspecified atom stereocenters. The van der Waals surface area contributed by atoms with Crippen molar-refractivity contribution in [3.8, 4) is 0 Å². The highest BCUT2D eigenvalue weighted by Gasteiger charge is 2.25. The van der Waals surface area contributed by atoms with E-state index in [9.17, 15) is 4.79 Å². The first-order valence-corrected chi connectivity index (χ1v) is 7.12. The molecule has 98 valence electrons. The smallest absolute Gasteiger partial charge is 0.307 e. The number of carboxylic acid groups (broad SMARTS) is 1. The molecule has 1 aliphatic heterocycles. The largest absolute Gasteiger partial charge is 0.481 e. The summed E-state index contributed by atoms with van der Waals surface area (Å²) < 4.78 is 0.994. The fraction of sp³-hybridized carbons (Fsp3) is 0.462. The Kier molecular flexibility index (Phi) is 4.65. The summed E-state index contributed by atoms with van der Waals surface area (Å²) >= 11 is 9.58. The number of nitrogens with zero attached hydrogens (tertiary/aromatic N) is 1. The number of rotatable bonds is 3. The summed E-state index contributed by atoms with van der Waals surface area (Å²) in [7, 11) is 0. The summed E-state index contributed by atoms with van der Waals surface area (Å²) in [6, 6.07) is 5.76. The monoisotopic (exact) mass is 331 g/mol. The van der Waals surface area contributed by atoms with Crippen molar-refractivity contribution in [2.75, 3.05) is 13.1 Å². The van der Waals surface area contributed by atoms with Crippen LogP contribution in [0.15, 0.2) is 22.7 Å². The van der Waals surface area contributed by atoms with Gasteiger partial charge in [-0.25, -0.2) is 0 Å². The van der Waals surface area contributed by atoms with Crippen LogP contribution in [0.3, 0.4) is 0 Å². The minimum atomic E-state index is -0.694. The number of hydrogen-bond donors (Lipinski definition) is 1. The van der Waals surface area contributed by atoms with E-state index in [-0.39, 0.29) is 5.92 Å². The summed E-state index contributed by atoms with van der Waals surface area (Å²) in [6.45, 7) is 2.26. The van der Waals surface area contributed by atoms with Crippen LogP contribution in [0.25, 0.3) is 0 Å². The average molecular weight is 333 g/mol. The molecule has 1 N–H and O–H groups in total. The van der Waals surface area contributed by atoms with Crippen molar-refractivity contribution in [3.05, 3.63) is 33.3 Å². The number of hydrogen-bond acceptors (Lipinski definition) is 2. The first-order chi connectivity index (χ1) is 8.56. The number of carbonyl (C=O) groups is 1. The third-order valence-corrected chi connectivity index (χ3v) is 4.12. The standard InChI is InChI=1S/C13H15BrClNO2/c14-11-3-4-12(15)10(6-11)8-16-5-1-2-9(7-16)13(17)18/h3-4,6,9H,1-2,5,7-8H2,(H,17,18). The Morgan fingerprint density at radius 1 is 1.56 bits per heavy atom. The zero-order valence-corrected chi connectivity index (χ0v) is 12.2. The van der Waals surface area contributed by atoms with Gasteiger partial charge in [-0.15, -0.1) is 0 Å². The molecule has 0 aliphatic carbocycles. The zero-order valence-electron chi connectivity index (χ0n) is 9.90. The lowest BCUT2D eigenvalue weighted by atomic mass is 9.98. The molecule has 3 nitrogen and oxygen atoms in total. The van der Waals surface area contributed by atoms with Gasteiger partial charge in [0, 0.05) is 22.6 Å². The van der Waals surface area contributed by atoms with Gasteiger partial charge in [0.25, 0.3) is 0 Å². The van der Waals surface area contributed by atoms with Crippen molar-refractivity contribution in [2.24, 2.45) is 5.92 Å². The summed E-state index contributed by atoms with van der Waals surface area (Å²) in [4.78, 5) is 13.2. The molecule has 0 amide bonds. The van der Waals surface area contributed by atoms with Gasteiger partial charge >= 0.3 is 5.97 Å². The van der Waals surface area contributed by atoms with E-state index in [1.807, 2.05) is 18.2 Å². The van der Waals surface area contributed by atoms with Crippen LogP contribution in [0.4, 0.5) is 0 Å². The highest BCUT2D eigenvalue weighted by atomic mass is 79.9. The van der Waals surface area contributed by atoms with Crippen LogP contribution in [0.5, 0.6) is 0 Å². The molecule has 1 heterocycles. The number of aliphatic carboxylic acids is 1. The van der Waals surface area contributed by atoms with Crippen LogP contribution in [0.1, 0.15) is 18.4 Å². The van der Waals surface area contributed by atoms with Crippen molar-refractivity contribution >= 4 is 33.5 Å². The Balaban J connectivity index is 2.04. The zero-order chi connectivity index (χ0) is 13.1. The van der Waals surface area contributed by atoms with Gasteiger partial charge in [0.1, 0.15) is 0 Å². The lowest BCUT2D eigenvalue weighted by Gasteiger charge is -2.30. The first-order valence-electron chi connectivity index (χ1n) is 5.95. The van der Waals surface area contributed by atoms with E-state index in [0.29, 0.717) is 13.1 Å². The molecule has 0 spiro atoms. The second kappa shape index (κ2) is 6.04. The van der Waals surface area contributed by atoms with Gasteiger partial charge < -0.3 is 5.11 Å². The predicted octanol–water partition coefficient (Wildman–Crippen LogP) is 3.40. The SMILES string of the molecule is O=C(O)C1CCCN(Cc2cc(Br)ccc2Cl)C1. The molecule has 5 heteroatoms. The maximum absolute atomic E-state index is 11.0. The minimum Gasteiger partial charge on any atom is -0.481 e. The Bertz CT molecular complexity index is 453. The average Bonchev–Trinajstić information content (AvgIpc) is 2.34. The summed E-state index contributed by atoms with van der Waals surface area (Å²) in [6.07, 6.45) is 1.71. The van der Waals surface area contributed by atoms with E-state index in [0.717, 1.165) is 34.4 Å². The Hall–Kier alpha value is -0.580. The fourth-order valence-electron chi connectivity index (χ4n) is 2.31. The van der Waals surface area contributed by atoms with Crippen molar-refractivity contribution in [1.29, 1.82) is 0 Å². The summed E-state index contributed by atoms with van der Waals surface area (Å²) in [5.74, 6) is -0.940. The molecule has 2 rings (SSSR count). The van der Waals surface area contributed by atoms with Gasteiger partial charge in [-0.1, -0.05) is 27.5 Å². The number of halogens is 2. The molecule has 1 aliphatic rings. The summed E-state index contributed by atoms with van der Waals surface area (Å²) in [5, 5.41) is 9.79. The molecule has 0 saturated carbocycles. The lowest BCUT2D eigenvalue weighted by Crippen LogP contribution is -2.38. The first kappa shape index (κ1) is 13.8. The van der Waals surface area contributed by atoms with Crippen LogP contribution in [-0.2, 0) is 11.3 Å². The second-order valence-electron chi connectivity index (χ2n) is 4.65. The van der Waals surface area contributed by atoms with Gasteiger partial charge in [-0.2, -0.15) is 0 Å². The Morgan fingerprint density at radius 3 is 3.06 bits per heavy atom. The molecule has 18 heavy (non-hydrogen) atoms. The number of piperidine rings is 1. The molecule has 1 saturated heterocycles. The molecular weight excluding hydrogens is 318 g/mol. The molecule has 0 bridgehead atoms. The third kappa shape index (κ3) is 3.46. The highest BCUT2D eigenvalue weighted by molar-refractivity contribution is 9.10. The topological polar surface area (TPSA) is 40.5 Å². The number of benzene rings is 1. The molecular formula is C13H15BrClNO2. The number of likely N-dealkylation sites (tertiary alicyclic amines) is 1. The van der Waals surface area contributed by atoms with Gasteiger partial charge in [0.2, 0.25) is 0 Å². The molecule has 1 aromatic carbocycles. The molecule has 1 aromatic rings. The predicted molar refractivity (Wildman–Crippen MR) is 74.8 cm³/mol. The van der Waals surface area contributed by atoms with E-state index in [2.05, 4.69) is 20.8 Å². The van der Waals surface area contributed by atoms with E-state index in [1.165, 1.54) is 0 Å². The van der Waals surface area contributed by atoms with E-state index in [4.69, 9.17) is 16.7 Å². The van der Waals surface area contributed by atoms with Gasteiger partial charge in [0.05, 0.1) is 5.92 Å². The lowest BCUT2D eigenvalue weighted by molar-refractivity contribution is -0.143. The van der Waals surface area contributed by atoms with E-state index < -0.39 is 5.97 Å². The number of carboxylic acids is 1. The van der Waals surface area contributed by atoms with Crippen molar-refractivity contribution < 1.29 is 9.90 Å². The van der Waals surface area contributed by atoms with Gasteiger partial charge in [-0.3, -0.25) is 9.69 Å². The Morgan fingerprint density at radius 2 is 2.33 bits per heavy atom.